The number of piperazine rings is 1. The van der Waals surface area contributed by atoms with Crippen molar-refractivity contribution in [3.63, 3.8) is 0 Å². The van der Waals surface area contributed by atoms with Crippen LogP contribution in [0.1, 0.15) is 44.9 Å². The normalized spacial score (nSPS) is 26.1. The molecule has 1 aliphatic heterocycles. The van der Waals surface area contributed by atoms with E-state index < -0.39 is 29.0 Å². The van der Waals surface area contributed by atoms with Crippen LogP contribution in [0, 0.1) is 29.3 Å². The van der Waals surface area contributed by atoms with Crippen molar-refractivity contribution in [2.45, 2.75) is 50.5 Å². The summed E-state index contributed by atoms with van der Waals surface area (Å²) in [5.41, 5.74) is 4.82. The lowest BCUT2D eigenvalue weighted by Crippen LogP contribution is -2.51. The standard InChI is InChI=1S/C25H32F3N3O3/c26-20-15-19(16-21(27)22(20)28)31-13-11-30(12-14-31)10-7-17-5-8-25(9-6-17,24(29)33)34-23(32)18-3-1-2-4-18/h1-2,15-18H,3-14H2,(H2,29,33). The Morgan fingerprint density at radius 2 is 1.59 bits per heavy atom. The van der Waals surface area contributed by atoms with Gasteiger partial charge in [-0.3, -0.25) is 14.5 Å². The fourth-order valence-electron chi connectivity index (χ4n) is 5.24. The average molecular weight is 480 g/mol. The van der Waals surface area contributed by atoms with E-state index in [-0.39, 0.29) is 11.9 Å². The van der Waals surface area contributed by atoms with Crippen LogP contribution in [-0.2, 0) is 14.3 Å². The van der Waals surface area contributed by atoms with Gasteiger partial charge in [-0.05, 0) is 57.4 Å². The van der Waals surface area contributed by atoms with Crippen LogP contribution in [0.4, 0.5) is 18.9 Å². The second kappa shape index (κ2) is 10.4. The number of primary amides is 1. The van der Waals surface area contributed by atoms with Gasteiger partial charge in [-0.15, -0.1) is 0 Å². The van der Waals surface area contributed by atoms with E-state index in [0.29, 0.717) is 50.4 Å². The summed E-state index contributed by atoms with van der Waals surface area (Å²) in [6.07, 6.45) is 8.60. The van der Waals surface area contributed by atoms with Crippen molar-refractivity contribution < 1.29 is 27.5 Å². The number of nitrogens with two attached hydrogens (primary N) is 1. The molecular weight excluding hydrogens is 447 g/mol. The molecular formula is C25H32F3N3O3. The molecule has 1 amide bonds. The Hall–Kier alpha value is -2.55. The highest BCUT2D eigenvalue weighted by Crippen LogP contribution is 2.38. The van der Waals surface area contributed by atoms with E-state index in [2.05, 4.69) is 4.90 Å². The smallest absolute Gasteiger partial charge is 0.310 e. The van der Waals surface area contributed by atoms with Gasteiger partial charge in [0.05, 0.1) is 5.92 Å². The molecule has 0 aromatic heterocycles. The summed E-state index contributed by atoms with van der Waals surface area (Å²) < 4.78 is 46.0. The molecule has 4 rings (SSSR count). The van der Waals surface area contributed by atoms with Crippen molar-refractivity contribution in [3.05, 3.63) is 41.7 Å². The number of carbonyl (C=O) groups is 2. The van der Waals surface area contributed by atoms with Crippen LogP contribution >= 0.6 is 0 Å². The number of amides is 1. The Morgan fingerprint density at radius 3 is 2.15 bits per heavy atom. The van der Waals surface area contributed by atoms with Crippen LogP contribution < -0.4 is 10.6 Å². The number of anilines is 1. The average Bonchev–Trinajstić information content (AvgIpc) is 3.37. The van der Waals surface area contributed by atoms with E-state index >= 15 is 0 Å². The third kappa shape index (κ3) is 5.40. The maximum atomic E-state index is 13.5. The van der Waals surface area contributed by atoms with Crippen molar-refractivity contribution in [1.29, 1.82) is 0 Å². The summed E-state index contributed by atoms with van der Waals surface area (Å²) >= 11 is 0. The summed E-state index contributed by atoms with van der Waals surface area (Å²) in [4.78, 5) is 28.8. The highest BCUT2D eigenvalue weighted by Gasteiger charge is 2.45. The van der Waals surface area contributed by atoms with Gasteiger partial charge in [0.25, 0.3) is 5.91 Å². The molecule has 2 aliphatic carbocycles. The summed E-state index contributed by atoms with van der Waals surface area (Å²) in [7, 11) is 0. The SMILES string of the molecule is NC(=O)C1(OC(=O)C2CC=CC2)CCC(CCN2CCN(c3cc(F)c(F)c(F)c3)CC2)CC1. The number of rotatable bonds is 7. The predicted octanol–water partition coefficient (Wildman–Crippen LogP) is 3.54. The molecule has 6 nitrogen and oxygen atoms in total. The minimum Gasteiger partial charge on any atom is -0.449 e. The van der Waals surface area contributed by atoms with E-state index in [4.69, 9.17) is 10.5 Å². The number of ether oxygens (including phenoxy) is 1. The molecule has 186 valence electrons. The van der Waals surface area contributed by atoms with Gasteiger partial charge < -0.3 is 15.4 Å². The summed E-state index contributed by atoms with van der Waals surface area (Å²) in [6, 6.07) is 2.08. The highest BCUT2D eigenvalue weighted by molar-refractivity contribution is 5.87. The molecule has 0 unspecified atom stereocenters. The number of esters is 1. The van der Waals surface area contributed by atoms with E-state index in [0.717, 1.165) is 51.0 Å². The van der Waals surface area contributed by atoms with Crippen molar-refractivity contribution in [2.24, 2.45) is 17.6 Å². The molecule has 3 aliphatic rings. The molecule has 1 saturated carbocycles. The topological polar surface area (TPSA) is 75.9 Å². The van der Waals surface area contributed by atoms with Crippen LogP contribution in [0.15, 0.2) is 24.3 Å². The lowest BCUT2D eigenvalue weighted by molar-refractivity contribution is -0.175. The van der Waals surface area contributed by atoms with Gasteiger partial charge in [0.2, 0.25) is 0 Å². The lowest BCUT2D eigenvalue weighted by Gasteiger charge is -2.39. The maximum absolute atomic E-state index is 13.5. The Balaban J connectivity index is 1.22. The molecule has 2 fully saturated rings. The summed E-state index contributed by atoms with van der Waals surface area (Å²) in [6.45, 7) is 3.57. The number of halogens is 3. The number of carbonyl (C=O) groups excluding carboxylic acids is 2. The molecule has 0 spiro atoms. The van der Waals surface area contributed by atoms with Gasteiger partial charge in [-0.25, -0.2) is 13.2 Å². The van der Waals surface area contributed by atoms with Gasteiger partial charge in [-0.2, -0.15) is 0 Å². The molecule has 0 atom stereocenters. The molecule has 1 saturated heterocycles. The predicted molar refractivity (Wildman–Crippen MR) is 121 cm³/mol. The Morgan fingerprint density at radius 1 is 1.00 bits per heavy atom. The van der Waals surface area contributed by atoms with Crippen LogP contribution in [0.5, 0.6) is 0 Å². The molecule has 0 bridgehead atoms. The fourth-order valence-corrected chi connectivity index (χ4v) is 5.24. The van der Waals surface area contributed by atoms with Crippen LogP contribution in [0.2, 0.25) is 0 Å². The molecule has 34 heavy (non-hydrogen) atoms. The van der Waals surface area contributed by atoms with Crippen molar-refractivity contribution >= 4 is 17.6 Å². The van der Waals surface area contributed by atoms with Gasteiger partial charge in [0.15, 0.2) is 23.1 Å². The third-order valence-corrected chi connectivity index (χ3v) is 7.56. The first-order valence-electron chi connectivity index (χ1n) is 12.1. The first kappa shape index (κ1) is 24.6. The highest BCUT2D eigenvalue weighted by atomic mass is 19.2. The van der Waals surface area contributed by atoms with Crippen LogP contribution in [-0.4, -0.2) is 55.1 Å². The number of nitrogens with zero attached hydrogens (tertiary/aromatic N) is 2. The largest absolute Gasteiger partial charge is 0.449 e. The van der Waals surface area contributed by atoms with E-state index in [1.54, 1.807) is 0 Å². The quantitative estimate of drug-likeness (QED) is 0.368. The zero-order chi connectivity index (χ0) is 24.3. The molecule has 0 radical (unpaired) electrons. The molecule has 1 aromatic carbocycles. The van der Waals surface area contributed by atoms with Crippen LogP contribution in [0.25, 0.3) is 0 Å². The number of hydrogen-bond donors (Lipinski definition) is 1. The van der Waals surface area contributed by atoms with Gasteiger partial charge >= 0.3 is 5.97 Å². The van der Waals surface area contributed by atoms with Gasteiger partial charge in [-0.1, -0.05) is 12.2 Å². The van der Waals surface area contributed by atoms with E-state index in [9.17, 15) is 22.8 Å². The van der Waals surface area contributed by atoms with Gasteiger partial charge in [0, 0.05) is 44.0 Å². The fraction of sp³-hybridized carbons (Fsp3) is 0.600. The van der Waals surface area contributed by atoms with Gasteiger partial charge in [0.1, 0.15) is 0 Å². The van der Waals surface area contributed by atoms with E-state index in [1.807, 2.05) is 17.1 Å². The zero-order valence-corrected chi connectivity index (χ0v) is 19.3. The molecule has 9 heteroatoms. The Bertz CT molecular complexity index is 908. The first-order chi connectivity index (χ1) is 16.3. The zero-order valence-electron chi connectivity index (χ0n) is 19.3. The van der Waals surface area contributed by atoms with E-state index in [1.165, 1.54) is 0 Å². The minimum absolute atomic E-state index is 0.212. The summed E-state index contributed by atoms with van der Waals surface area (Å²) in [5.74, 6) is -4.48. The van der Waals surface area contributed by atoms with Crippen molar-refractivity contribution in [1.82, 2.24) is 4.90 Å². The monoisotopic (exact) mass is 479 g/mol. The minimum atomic E-state index is -1.44. The number of benzene rings is 1. The molecule has 1 heterocycles. The second-order valence-electron chi connectivity index (χ2n) is 9.70. The molecule has 1 aromatic rings. The third-order valence-electron chi connectivity index (χ3n) is 7.56. The lowest BCUT2D eigenvalue weighted by atomic mass is 9.77. The number of hydrogen-bond acceptors (Lipinski definition) is 5. The number of allylic oxidation sites excluding steroid dienone is 2. The summed E-state index contributed by atoms with van der Waals surface area (Å²) in [5, 5.41) is 0. The molecule has 2 N–H and O–H groups in total. The van der Waals surface area contributed by atoms with Crippen molar-refractivity contribution in [2.75, 3.05) is 37.6 Å². The Labute approximate surface area is 197 Å². The first-order valence-corrected chi connectivity index (χ1v) is 12.1. The van der Waals surface area contributed by atoms with Crippen LogP contribution in [0.3, 0.4) is 0 Å². The van der Waals surface area contributed by atoms with Crippen molar-refractivity contribution in [3.8, 4) is 0 Å². The maximum Gasteiger partial charge on any atom is 0.310 e. The Kier molecular flexibility index (Phi) is 7.50. The second-order valence-corrected chi connectivity index (χ2v) is 9.70.